The molecule has 2 N–H and O–H groups in total. The van der Waals surface area contributed by atoms with Crippen molar-refractivity contribution in [3.05, 3.63) is 36.0 Å². The van der Waals surface area contributed by atoms with Crippen molar-refractivity contribution in [3.63, 3.8) is 0 Å². The number of aromatic nitrogens is 1. The summed E-state index contributed by atoms with van der Waals surface area (Å²) in [6, 6.07) is 10.5. The van der Waals surface area contributed by atoms with Crippen LogP contribution in [0.4, 0.5) is 0 Å². The minimum atomic E-state index is -0.0101. The molecular weight excluding hydrogens is 388 g/mol. The van der Waals surface area contributed by atoms with E-state index < -0.39 is 0 Å². The molecule has 0 spiro atoms. The number of aromatic amines is 1. The number of rotatable bonds is 6. The lowest BCUT2D eigenvalue weighted by Crippen LogP contribution is -2.45. The standard InChI is InChI=1S/C25H36N4O2/c1-18-7-5-6-13-28(18)16-12-26-24(30)19(2)20-10-14-29(15-11-20)25(31)23-17-21-8-3-4-9-22(21)27-23/h3-4,8-9,17-20,27H,5-7,10-16H2,1-2H3,(H,26,30)/t18-,19+/m0/s1. The summed E-state index contributed by atoms with van der Waals surface area (Å²) in [5.74, 6) is 0.539. The van der Waals surface area contributed by atoms with Crippen LogP contribution < -0.4 is 5.32 Å². The van der Waals surface area contributed by atoms with E-state index in [1.54, 1.807) is 0 Å². The highest BCUT2D eigenvalue weighted by molar-refractivity contribution is 5.98. The summed E-state index contributed by atoms with van der Waals surface area (Å²) in [5, 5.41) is 4.22. The molecule has 31 heavy (non-hydrogen) atoms. The zero-order valence-electron chi connectivity index (χ0n) is 18.9. The summed E-state index contributed by atoms with van der Waals surface area (Å²) in [4.78, 5) is 33.2. The van der Waals surface area contributed by atoms with Gasteiger partial charge in [0.2, 0.25) is 5.91 Å². The van der Waals surface area contributed by atoms with Gasteiger partial charge in [0, 0.05) is 49.0 Å². The van der Waals surface area contributed by atoms with Crippen LogP contribution in [-0.4, -0.2) is 65.4 Å². The molecule has 0 bridgehead atoms. The average molecular weight is 425 g/mol. The first-order valence-corrected chi connectivity index (χ1v) is 11.9. The first kappa shape index (κ1) is 21.9. The van der Waals surface area contributed by atoms with Gasteiger partial charge in [-0.15, -0.1) is 0 Å². The van der Waals surface area contributed by atoms with E-state index in [1.165, 1.54) is 19.3 Å². The van der Waals surface area contributed by atoms with Gasteiger partial charge in [0.05, 0.1) is 0 Å². The maximum absolute atomic E-state index is 12.9. The minimum Gasteiger partial charge on any atom is -0.355 e. The largest absolute Gasteiger partial charge is 0.355 e. The number of para-hydroxylation sites is 1. The van der Waals surface area contributed by atoms with E-state index in [1.807, 2.05) is 42.2 Å². The van der Waals surface area contributed by atoms with Crippen molar-refractivity contribution in [3.8, 4) is 0 Å². The smallest absolute Gasteiger partial charge is 0.270 e. The molecule has 0 radical (unpaired) electrons. The third-order valence-electron chi connectivity index (χ3n) is 7.35. The van der Waals surface area contributed by atoms with E-state index in [4.69, 9.17) is 0 Å². The maximum Gasteiger partial charge on any atom is 0.270 e. The van der Waals surface area contributed by atoms with Crippen LogP contribution in [0.25, 0.3) is 10.9 Å². The van der Waals surface area contributed by atoms with Crippen LogP contribution in [-0.2, 0) is 4.79 Å². The van der Waals surface area contributed by atoms with Gasteiger partial charge < -0.3 is 15.2 Å². The molecule has 6 heteroatoms. The number of piperidine rings is 2. The summed E-state index contributed by atoms with van der Waals surface area (Å²) in [6.45, 7) is 8.56. The molecule has 2 aliphatic heterocycles. The highest BCUT2D eigenvalue weighted by Gasteiger charge is 2.30. The number of H-pyrrole nitrogens is 1. The fraction of sp³-hybridized carbons (Fsp3) is 0.600. The highest BCUT2D eigenvalue weighted by Crippen LogP contribution is 2.26. The molecule has 2 aromatic rings. The van der Waals surface area contributed by atoms with Gasteiger partial charge in [-0.25, -0.2) is 0 Å². The molecule has 1 aromatic heterocycles. The molecule has 4 rings (SSSR count). The normalized spacial score (nSPS) is 21.9. The number of hydrogen-bond donors (Lipinski definition) is 2. The zero-order valence-corrected chi connectivity index (χ0v) is 18.9. The fourth-order valence-electron chi connectivity index (χ4n) is 5.15. The molecule has 2 fully saturated rings. The zero-order chi connectivity index (χ0) is 21.8. The van der Waals surface area contributed by atoms with Gasteiger partial charge in [-0.05, 0) is 57.2 Å². The lowest BCUT2D eigenvalue weighted by atomic mass is 9.84. The highest BCUT2D eigenvalue weighted by atomic mass is 16.2. The van der Waals surface area contributed by atoms with Crippen molar-refractivity contribution >= 4 is 22.7 Å². The summed E-state index contributed by atoms with van der Waals surface area (Å²) in [6.07, 6.45) is 5.61. The van der Waals surface area contributed by atoms with Crippen molar-refractivity contribution in [2.75, 3.05) is 32.7 Å². The second kappa shape index (κ2) is 9.86. The van der Waals surface area contributed by atoms with Gasteiger partial charge in [0.25, 0.3) is 5.91 Å². The van der Waals surface area contributed by atoms with Crippen molar-refractivity contribution in [2.24, 2.45) is 11.8 Å². The summed E-state index contributed by atoms with van der Waals surface area (Å²) in [5.41, 5.74) is 1.64. The Hall–Kier alpha value is -2.34. The molecule has 2 atom stereocenters. The summed E-state index contributed by atoms with van der Waals surface area (Å²) in [7, 11) is 0. The van der Waals surface area contributed by atoms with Crippen LogP contribution in [0.15, 0.2) is 30.3 Å². The van der Waals surface area contributed by atoms with Crippen LogP contribution in [0.3, 0.4) is 0 Å². The minimum absolute atomic E-state index is 0.0101. The number of fused-ring (bicyclic) bond motifs is 1. The fourth-order valence-corrected chi connectivity index (χ4v) is 5.15. The van der Waals surface area contributed by atoms with E-state index in [2.05, 4.69) is 22.1 Å². The molecule has 2 amide bonds. The number of amides is 2. The molecular formula is C25H36N4O2. The Morgan fingerprint density at radius 3 is 2.65 bits per heavy atom. The summed E-state index contributed by atoms with van der Waals surface area (Å²) < 4.78 is 0. The SMILES string of the molecule is C[C@@H](C(=O)NCCN1CCCC[C@@H]1C)C1CCN(C(=O)c2cc3ccccc3[nH]2)CC1. The van der Waals surface area contributed by atoms with Crippen molar-refractivity contribution in [1.82, 2.24) is 20.1 Å². The van der Waals surface area contributed by atoms with Gasteiger partial charge >= 0.3 is 0 Å². The third kappa shape index (κ3) is 5.12. The van der Waals surface area contributed by atoms with Gasteiger partial charge in [0.1, 0.15) is 5.69 Å². The van der Waals surface area contributed by atoms with Crippen LogP contribution in [0, 0.1) is 11.8 Å². The van der Waals surface area contributed by atoms with Crippen LogP contribution >= 0.6 is 0 Å². The number of likely N-dealkylation sites (tertiary alicyclic amines) is 2. The molecule has 6 nitrogen and oxygen atoms in total. The topological polar surface area (TPSA) is 68.4 Å². The Bertz CT molecular complexity index is 867. The maximum atomic E-state index is 12.9. The lowest BCUT2D eigenvalue weighted by Gasteiger charge is -2.35. The van der Waals surface area contributed by atoms with Crippen molar-refractivity contribution < 1.29 is 9.59 Å². The molecule has 2 aliphatic rings. The number of nitrogens with zero attached hydrogens (tertiary/aromatic N) is 2. The second-order valence-electron chi connectivity index (χ2n) is 9.36. The van der Waals surface area contributed by atoms with E-state index >= 15 is 0 Å². The molecule has 0 saturated carbocycles. The molecule has 1 aromatic carbocycles. The van der Waals surface area contributed by atoms with E-state index in [0.717, 1.165) is 43.4 Å². The van der Waals surface area contributed by atoms with Crippen LogP contribution in [0.2, 0.25) is 0 Å². The number of nitrogens with one attached hydrogen (secondary N) is 2. The first-order chi connectivity index (χ1) is 15.0. The summed E-state index contributed by atoms with van der Waals surface area (Å²) >= 11 is 0. The molecule has 0 unspecified atom stereocenters. The van der Waals surface area contributed by atoms with Gasteiger partial charge in [0.15, 0.2) is 0 Å². The molecule has 2 saturated heterocycles. The molecule has 3 heterocycles. The monoisotopic (exact) mass is 424 g/mol. The van der Waals surface area contributed by atoms with E-state index in [0.29, 0.717) is 30.7 Å². The quantitative estimate of drug-likeness (QED) is 0.744. The predicted molar refractivity (Wildman–Crippen MR) is 124 cm³/mol. The van der Waals surface area contributed by atoms with E-state index in [9.17, 15) is 9.59 Å². The van der Waals surface area contributed by atoms with E-state index in [-0.39, 0.29) is 17.7 Å². The first-order valence-electron chi connectivity index (χ1n) is 11.9. The van der Waals surface area contributed by atoms with Crippen molar-refractivity contribution in [1.29, 1.82) is 0 Å². The van der Waals surface area contributed by atoms with Gasteiger partial charge in [-0.2, -0.15) is 0 Å². The Balaban J connectivity index is 1.23. The third-order valence-corrected chi connectivity index (χ3v) is 7.35. The average Bonchev–Trinajstić information content (AvgIpc) is 3.24. The van der Waals surface area contributed by atoms with Crippen molar-refractivity contribution in [2.45, 2.75) is 52.0 Å². The Labute approximate surface area is 185 Å². The Morgan fingerprint density at radius 2 is 1.90 bits per heavy atom. The Kier molecular flexibility index (Phi) is 6.96. The number of carbonyl (C=O) groups excluding carboxylic acids is 2. The van der Waals surface area contributed by atoms with Crippen LogP contribution in [0.1, 0.15) is 56.4 Å². The van der Waals surface area contributed by atoms with Gasteiger partial charge in [-0.3, -0.25) is 14.5 Å². The predicted octanol–water partition coefficient (Wildman–Crippen LogP) is 3.65. The molecule has 168 valence electrons. The van der Waals surface area contributed by atoms with Gasteiger partial charge in [-0.1, -0.05) is 31.5 Å². The van der Waals surface area contributed by atoms with Crippen LogP contribution in [0.5, 0.6) is 0 Å². The molecule has 0 aliphatic carbocycles. The second-order valence-corrected chi connectivity index (χ2v) is 9.36. The lowest BCUT2D eigenvalue weighted by molar-refractivity contribution is -0.126. The number of carbonyl (C=O) groups is 2. The number of benzene rings is 1. The number of hydrogen-bond acceptors (Lipinski definition) is 3. The Morgan fingerprint density at radius 1 is 1.13 bits per heavy atom.